The van der Waals surface area contributed by atoms with Crippen molar-refractivity contribution in [3.63, 3.8) is 0 Å². The predicted octanol–water partition coefficient (Wildman–Crippen LogP) is 2.90. The highest BCUT2D eigenvalue weighted by atomic mass is 16.4. The van der Waals surface area contributed by atoms with E-state index in [1.807, 2.05) is 24.3 Å². The van der Waals surface area contributed by atoms with Gasteiger partial charge in [0.05, 0.1) is 5.41 Å². The number of carbonyl (C=O) groups is 2. The molecule has 6 nitrogen and oxygen atoms in total. The third kappa shape index (κ3) is 3.57. The molecular weight excluding hydrogens is 318 g/mol. The van der Waals surface area contributed by atoms with Crippen LogP contribution in [0.2, 0.25) is 0 Å². The minimum Gasteiger partial charge on any atom is -0.481 e. The van der Waals surface area contributed by atoms with Crippen molar-refractivity contribution < 1.29 is 14.7 Å². The number of nitrogens with one attached hydrogen (secondary N) is 2. The topological polar surface area (TPSA) is 81.7 Å². The molecule has 136 valence electrons. The van der Waals surface area contributed by atoms with E-state index in [0.717, 1.165) is 37.1 Å². The van der Waals surface area contributed by atoms with Crippen LogP contribution >= 0.6 is 0 Å². The predicted molar refractivity (Wildman–Crippen MR) is 96.4 cm³/mol. The van der Waals surface area contributed by atoms with Crippen molar-refractivity contribution in [1.82, 2.24) is 10.2 Å². The van der Waals surface area contributed by atoms with Crippen molar-refractivity contribution in [2.75, 3.05) is 25.0 Å². The molecule has 2 atom stereocenters. The fourth-order valence-electron chi connectivity index (χ4n) is 4.09. The van der Waals surface area contributed by atoms with Crippen LogP contribution in [0.25, 0.3) is 0 Å². The summed E-state index contributed by atoms with van der Waals surface area (Å²) in [5.74, 6) is -0.653. The molecule has 1 aliphatic carbocycles. The van der Waals surface area contributed by atoms with Gasteiger partial charge in [0, 0.05) is 31.9 Å². The molecule has 3 rings (SSSR count). The number of hydrogen-bond donors (Lipinski definition) is 3. The minimum atomic E-state index is -0.750. The molecule has 1 aromatic carbocycles. The maximum absolute atomic E-state index is 12.4. The third-order valence-electron chi connectivity index (χ3n) is 5.56. The van der Waals surface area contributed by atoms with E-state index < -0.39 is 11.4 Å². The summed E-state index contributed by atoms with van der Waals surface area (Å²) in [6.07, 6.45) is 3.61. The summed E-state index contributed by atoms with van der Waals surface area (Å²) < 4.78 is 0. The fraction of sp³-hybridized carbons (Fsp3) is 0.579. The Morgan fingerprint density at radius 3 is 2.72 bits per heavy atom. The molecule has 1 aromatic rings. The Morgan fingerprint density at radius 1 is 1.32 bits per heavy atom. The van der Waals surface area contributed by atoms with E-state index >= 15 is 0 Å². The van der Waals surface area contributed by atoms with E-state index in [1.165, 1.54) is 0 Å². The Balaban J connectivity index is 1.52. The Hall–Kier alpha value is -2.24. The molecule has 0 aromatic heterocycles. The summed E-state index contributed by atoms with van der Waals surface area (Å²) in [6.45, 7) is 4.40. The second-order valence-electron chi connectivity index (χ2n) is 7.21. The van der Waals surface area contributed by atoms with Gasteiger partial charge in [-0.15, -0.1) is 0 Å². The highest BCUT2D eigenvalue weighted by Crippen LogP contribution is 2.48. The van der Waals surface area contributed by atoms with Gasteiger partial charge in [-0.1, -0.05) is 25.5 Å². The number of fused-ring (bicyclic) bond motifs is 1. The lowest BCUT2D eigenvalue weighted by atomic mass is 9.81. The summed E-state index contributed by atoms with van der Waals surface area (Å²) in [7, 11) is 0. The quantitative estimate of drug-likeness (QED) is 0.740. The van der Waals surface area contributed by atoms with Crippen LogP contribution in [0, 0.1) is 11.3 Å². The molecule has 1 saturated heterocycles. The van der Waals surface area contributed by atoms with Gasteiger partial charge in [-0.25, -0.2) is 4.79 Å². The zero-order chi connectivity index (χ0) is 17.9. The summed E-state index contributed by atoms with van der Waals surface area (Å²) in [5, 5.41) is 15.8. The van der Waals surface area contributed by atoms with E-state index in [0.29, 0.717) is 26.1 Å². The number of benzene rings is 1. The van der Waals surface area contributed by atoms with E-state index in [4.69, 9.17) is 0 Å². The monoisotopic (exact) mass is 345 g/mol. The standard InChI is InChI=1S/C19H27N3O3/c1-2-10-20-16-7-5-14(6-8-16)11-21-18(25)22-12-15-4-3-9-19(15,13-22)17(23)24/h5-8,15,20H,2-4,9-13H2,1H3,(H,21,25)(H,23,24)/t15-,19+/m0/s1. The van der Waals surface area contributed by atoms with Crippen molar-refractivity contribution in [2.45, 2.75) is 39.2 Å². The van der Waals surface area contributed by atoms with Crippen LogP contribution in [-0.2, 0) is 11.3 Å². The largest absolute Gasteiger partial charge is 0.481 e. The number of amides is 2. The number of likely N-dealkylation sites (tertiary alicyclic amines) is 1. The molecule has 0 bridgehead atoms. The first-order chi connectivity index (χ1) is 12.0. The summed E-state index contributed by atoms with van der Waals surface area (Å²) in [6, 6.07) is 7.85. The summed E-state index contributed by atoms with van der Waals surface area (Å²) >= 11 is 0. The molecule has 0 radical (unpaired) electrons. The third-order valence-corrected chi connectivity index (χ3v) is 5.56. The molecule has 2 aliphatic rings. The number of aliphatic carboxylic acids is 1. The van der Waals surface area contributed by atoms with Crippen molar-refractivity contribution >= 4 is 17.7 Å². The molecule has 25 heavy (non-hydrogen) atoms. The first-order valence-corrected chi connectivity index (χ1v) is 9.14. The average Bonchev–Trinajstić information content (AvgIpc) is 3.17. The van der Waals surface area contributed by atoms with Gasteiger partial charge in [0.25, 0.3) is 0 Å². The van der Waals surface area contributed by atoms with Gasteiger partial charge < -0.3 is 20.6 Å². The van der Waals surface area contributed by atoms with Gasteiger partial charge in [-0.2, -0.15) is 0 Å². The van der Waals surface area contributed by atoms with Crippen LogP contribution in [0.3, 0.4) is 0 Å². The number of carboxylic acid groups (broad SMARTS) is 1. The lowest BCUT2D eigenvalue weighted by Gasteiger charge is -2.23. The fourth-order valence-corrected chi connectivity index (χ4v) is 4.09. The Bertz CT molecular complexity index is 631. The van der Waals surface area contributed by atoms with Gasteiger partial charge >= 0.3 is 12.0 Å². The average molecular weight is 345 g/mol. The molecule has 2 fully saturated rings. The smallest absolute Gasteiger partial charge is 0.317 e. The number of urea groups is 1. The zero-order valence-corrected chi connectivity index (χ0v) is 14.8. The summed E-state index contributed by atoms with van der Waals surface area (Å²) in [5.41, 5.74) is 1.39. The minimum absolute atomic E-state index is 0.0969. The molecular formula is C19H27N3O3. The van der Waals surface area contributed by atoms with Crippen molar-refractivity contribution in [3.05, 3.63) is 29.8 Å². The Morgan fingerprint density at radius 2 is 2.08 bits per heavy atom. The van der Waals surface area contributed by atoms with Crippen LogP contribution in [0.5, 0.6) is 0 Å². The number of rotatable bonds is 6. The highest BCUT2D eigenvalue weighted by molar-refractivity contribution is 5.80. The van der Waals surface area contributed by atoms with Crippen LogP contribution < -0.4 is 10.6 Å². The van der Waals surface area contributed by atoms with Crippen LogP contribution in [0.4, 0.5) is 10.5 Å². The van der Waals surface area contributed by atoms with Crippen LogP contribution in [0.1, 0.15) is 38.2 Å². The van der Waals surface area contributed by atoms with Crippen molar-refractivity contribution in [3.8, 4) is 0 Å². The number of nitrogens with zero attached hydrogens (tertiary/aromatic N) is 1. The first kappa shape index (κ1) is 17.6. The van der Waals surface area contributed by atoms with Gasteiger partial charge in [0.1, 0.15) is 0 Å². The Kier molecular flexibility index (Phi) is 5.16. The Labute approximate surface area is 148 Å². The molecule has 6 heteroatoms. The van der Waals surface area contributed by atoms with E-state index in [-0.39, 0.29) is 11.9 Å². The molecule has 3 N–H and O–H groups in total. The maximum Gasteiger partial charge on any atom is 0.317 e. The number of anilines is 1. The van der Waals surface area contributed by atoms with Crippen LogP contribution in [-0.4, -0.2) is 41.6 Å². The highest BCUT2D eigenvalue weighted by Gasteiger charge is 2.55. The normalized spacial score (nSPS) is 24.8. The lowest BCUT2D eigenvalue weighted by Crippen LogP contribution is -2.41. The summed E-state index contributed by atoms with van der Waals surface area (Å²) in [4.78, 5) is 25.8. The van der Waals surface area contributed by atoms with Gasteiger partial charge in [-0.3, -0.25) is 4.79 Å². The molecule has 1 saturated carbocycles. The zero-order valence-electron chi connectivity index (χ0n) is 14.8. The molecule has 0 unspecified atom stereocenters. The van der Waals surface area contributed by atoms with E-state index in [1.54, 1.807) is 4.90 Å². The molecule has 1 heterocycles. The number of hydrogen-bond acceptors (Lipinski definition) is 3. The van der Waals surface area contributed by atoms with Crippen molar-refractivity contribution in [1.29, 1.82) is 0 Å². The molecule has 2 amide bonds. The number of carbonyl (C=O) groups excluding carboxylic acids is 1. The maximum atomic E-state index is 12.4. The van der Waals surface area contributed by atoms with E-state index in [9.17, 15) is 14.7 Å². The second-order valence-corrected chi connectivity index (χ2v) is 7.21. The van der Waals surface area contributed by atoms with E-state index in [2.05, 4.69) is 17.6 Å². The first-order valence-electron chi connectivity index (χ1n) is 9.14. The van der Waals surface area contributed by atoms with Crippen LogP contribution in [0.15, 0.2) is 24.3 Å². The van der Waals surface area contributed by atoms with Gasteiger partial charge in [0.2, 0.25) is 0 Å². The molecule has 1 aliphatic heterocycles. The SMILES string of the molecule is CCCNc1ccc(CNC(=O)N2C[C@@H]3CCC[C@@]3(C(=O)O)C2)cc1. The van der Waals surface area contributed by atoms with Gasteiger partial charge in [-0.05, 0) is 42.9 Å². The van der Waals surface area contributed by atoms with Gasteiger partial charge in [0.15, 0.2) is 0 Å². The second kappa shape index (κ2) is 7.33. The van der Waals surface area contributed by atoms with Crippen molar-refractivity contribution in [2.24, 2.45) is 11.3 Å². The lowest BCUT2D eigenvalue weighted by molar-refractivity contribution is -0.149. The molecule has 0 spiro atoms. The number of carboxylic acids is 1.